The lowest BCUT2D eigenvalue weighted by molar-refractivity contribution is -0.115. The minimum absolute atomic E-state index is 0.0580. The summed E-state index contributed by atoms with van der Waals surface area (Å²) >= 11 is 0. The fourth-order valence-corrected chi connectivity index (χ4v) is 3.64. The normalized spacial score (nSPS) is 14.7. The zero-order valence-electron chi connectivity index (χ0n) is 19.2. The van der Waals surface area contributed by atoms with E-state index >= 15 is 0 Å². The molecule has 8 nitrogen and oxygen atoms in total. The Balaban J connectivity index is 1.59. The Morgan fingerprint density at radius 2 is 1.59 bits per heavy atom. The molecule has 32 heavy (non-hydrogen) atoms. The number of ether oxygens (including phenoxy) is 1. The number of nitrogens with one attached hydrogen (secondary N) is 2. The molecule has 2 N–H and O–H groups in total. The Bertz CT molecular complexity index is 951. The van der Waals surface area contributed by atoms with E-state index in [2.05, 4.69) is 10.6 Å². The third kappa shape index (κ3) is 6.12. The van der Waals surface area contributed by atoms with Gasteiger partial charge in [0.25, 0.3) is 5.91 Å². The molecule has 8 heteroatoms. The first-order valence-corrected chi connectivity index (χ1v) is 11.0. The first-order chi connectivity index (χ1) is 15.2. The third-order valence-electron chi connectivity index (χ3n) is 5.27. The van der Waals surface area contributed by atoms with Gasteiger partial charge in [-0.25, -0.2) is 4.79 Å². The molecule has 1 aromatic heterocycles. The van der Waals surface area contributed by atoms with Crippen LogP contribution in [0.4, 0.5) is 16.2 Å². The molecule has 172 valence electrons. The molecular formula is C24H32N4O4. The fraction of sp³-hybridized carbons (Fsp3) is 0.458. The largest absolute Gasteiger partial charge is 0.444 e. The summed E-state index contributed by atoms with van der Waals surface area (Å²) in [5.74, 6) is -0.257. The van der Waals surface area contributed by atoms with Gasteiger partial charge in [-0.15, -0.1) is 0 Å². The summed E-state index contributed by atoms with van der Waals surface area (Å²) in [6.45, 7) is 8.54. The topological polar surface area (TPSA) is 92.7 Å². The van der Waals surface area contributed by atoms with E-state index in [-0.39, 0.29) is 23.9 Å². The van der Waals surface area contributed by atoms with Crippen molar-refractivity contribution >= 4 is 29.3 Å². The molecular weight excluding hydrogens is 408 g/mol. The quantitative estimate of drug-likeness (QED) is 0.707. The number of anilines is 2. The van der Waals surface area contributed by atoms with E-state index in [4.69, 9.17) is 4.74 Å². The number of aromatic nitrogens is 1. The van der Waals surface area contributed by atoms with Crippen LogP contribution in [0.2, 0.25) is 0 Å². The molecule has 0 spiro atoms. The molecule has 0 saturated carbocycles. The molecule has 0 atom stereocenters. The Morgan fingerprint density at radius 3 is 2.16 bits per heavy atom. The van der Waals surface area contributed by atoms with Crippen LogP contribution in [0, 0.1) is 0 Å². The van der Waals surface area contributed by atoms with Crippen LogP contribution in [-0.4, -0.2) is 46.1 Å². The number of carbonyl (C=O) groups is 3. The Labute approximate surface area is 188 Å². The second kappa shape index (κ2) is 9.89. The van der Waals surface area contributed by atoms with Crippen molar-refractivity contribution in [1.82, 2.24) is 9.47 Å². The highest BCUT2D eigenvalue weighted by molar-refractivity contribution is 6.03. The number of hydrogen-bond donors (Lipinski definition) is 2. The number of benzene rings is 1. The summed E-state index contributed by atoms with van der Waals surface area (Å²) in [7, 11) is 0. The van der Waals surface area contributed by atoms with Gasteiger partial charge in [0.05, 0.1) is 0 Å². The van der Waals surface area contributed by atoms with E-state index in [1.54, 1.807) is 42.2 Å². The van der Waals surface area contributed by atoms with Crippen LogP contribution in [-0.2, 0) is 9.53 Å². The van der Waals surface area contributed by atoms with Gasteiger partial charge in [-0.1, -0.05) is 6.92 Å². The molecule has 0 bridgehead atoms. The molecule has 1 saturated heterocycles. The number of nitrogens with zero attached hydrogens (tertiary/aromatic N) is 2. The molecule has 3 rings (SSSR count). The van der Waals surface area contributed by atoms with Crippen molar-refractivity contribution in [3.05, 3.63) is 48.3 Å². The molecule has 1 aliphatic rings. The van der Waals surface area contributed by atoms with Crippen LogP contribution in [0.5, 0.6) is 0 Å². The number of likely N-dealkylation sites (tertiary alicyclic amines) is 1. The molecule has 1 fully saturated rings. The second-order valence-electron chi connectivity index (χ2n) is 8.93. The highest BCUT2D eigenvalue weighted by atomic mass is 16.6. The summed E-state index contributed by atoms with van der Waals surface area (Å²) in [6.07, 6.45) is 3.53. The van der Waals surface area contributed by atoms with Gasteiger partial charge < -0.3 is 24.8 Å². The predicted molar refractivity (Wildman–Crippen MR) is 124 cm³/mol. The van der Waals surface area contributed by atoms with Gasteiger partial charge in [-0.3, -0.25) is 9.59 Å². The SMILES string of the molecule is CCC(=O)Nc1ccc(NC(=O)c2cccn2C2CCN(C(=O)OC(C)(C)C)CC2)cc1. The van der Waals surface area contributed by atoms with E-state index in [0.717, 1.165) is 12.8 Å². The second-order valence-corrected chi connectivity index (χ2v) is 8.93. The van der Waals surface area contributed by atoms with Gasteiger partial charge in [0.1, 0.15) is 11.3 Å². The number of piperidine rings is 1. The third-order valence-corrected chi connectivity index (χ3v) is 5.27. The van der Waals surface area contributed by atoms with Crippen LogP contribution >= 0.6 is 0 Å². The number of rotatable bonds is 5. The summed E-state index contributed by atoms with van der Waals surface area (Å²) in [4.78, 5) is 38.4. The Morgan fingerprint density at radius 1 is 1.00 bits per heavy atom. The molecule has 0 radical (unpaired) electrons. The predicted octanol–water partition coefficient (Wildman–Crippen LogP) is 4.66. The van der Waals surface area contributed by atoms with Crippen molar-refractivity contribution in [2.24, 2.45) is 0 Å². The van der Waals surface area contributed by atoms with Gasteiger partial charge in [0.2, 0.25) is 5.91 Å². The zero-order chi connectivity index (χ0) is 23.3. The first-order valence-electron chi connectivity index (χ1n) is 11.0. The highest BCUT2D eigenvalue weighted by Crippen LogP contribution is 2.26. The molecule has 1 aliphatic heterocycles. The monoisotopic (exact) mass is 440 g/mol. The minimum Gasteiger partial charge on any atom is -0.444 e. The standard InChI is InChI=1S/C24H32N4O4/c1-5-21(29)25-17-8-10-18(11-9-17)26-22(30)20-7-6-14-28(20)19-12-15-27(16-13-19)23(31)32-24(2,3)4/h6-11,14,19H,5,12-13,15-16H2,1-4H3,(H,25,29)(H,26,30). The van der Waals surface area contributed by atoms with Crippen molar-refractivity contribution in [3.8, 4) is 0 Å². The van der Waals surface area contributed by atoms with Crippen LogP contribution in [0.25, 0.3) is 0 Å². The van der Waals surface area contributed by atoms with E-state index in [0.29, 0.717) is 36.6 Å². The Hall–Kier alpha value is -3.29. The summed E-state index contributed by atoms with van der Waals surface area (Å²) in [5, 5.41) is 5.70. The zero-order valence-corrected chi connectivity index (χ0v) is 19.2. The summed E-state index contributed by atoms with van der Waals surface area (Å²) in [5.41, 5.74) is 1.40. The smallest absolute Gasteiger partial charge is 0.410 e. The molecule has 1 aromatic carbocycles. The van der Waals surface area contributed by atoms with Gasteiger partial charge >= 0.3 is 6.09 Å². The van der Waals surface area contributed by atoms with E-state index < -0.39 is 5.60 Å². The van der Waals surface area contributed by atoms with Crippen LogP contribution in [0.1, 0.15) is 63.5 Å². The van der Waals surface area contributed by atoms with Gasteiger partial charge in [-0.2, -0.15) is 0 Å². The van der Waals surface area contributed by atoms with Crippen molar-refractivity contribution in [1.29, 1.82) is 0 Å². The van der Waals surface area contributed by atoms with Crippen molar-refractivity contribution in [3.63, 3.8) is 0 Å². The average Bonchev–Trinajstić information content (AvgIpc) is 3.24. The van der Waals surface area contributed by atoms with Crippen LogP contribution in [0.15, 0.2) is 42.6 Å². The van der Waals surface area contributed by atoms with Crippen LogP contribution < -0.4 is 10.6 Å². The molecule has 0 unspecified atom stereocenters. The lowest BCUT2D eigenvalue weighted by atomic mass is 10.0. The number of carbonyl (C=O) groups excluding carboxylic acids is 3. The maximum atomic E-state index is 12.9. The van der Waals surface area contributed by atoms with E-state index in [9.17, 15) is 14.4 Å². The maximum absolute atomic E-state index is 12.9. The fourth-order valence-electron chi connectivity index (χ4n) is 3.64. The first kappa shape index (κ1) is 23.4. The summed E-state index contributed by atoms with van der Waals surface area (Å²) < 4.78 is 7.44. The lowest BCUT2D eigenvalue weighted by Gasteiger charge is -2.34. The lowest BCUT2D eigenvalue weighted by Crippen LogP contribution is -2.42. The molecule has 3 amide bonds. The van der Waals surface area contributed by atoms with Gasteiger partial charge in [-0.05, 0) is 70.0 Å². The van der Waals surface area contributed by atoms with Crippen molar-refractivity contribution in [2.75, 3.05) is 23.7 Å². The number of amides is 3. The maximum Gasteiger partial charge on any atom is 0.410 e. The van der Waals surface area contributed by atoms with Crippen molar-refractivity contribution < 1.29 is 19.1 Å². The molecule has 2 aromatic rings. The summed E-state index contributed by atoms with van der Waals surface area (Å²) in [6, 6.07) is 10.8. The average molecular weight is 441 g/mol. The molecule has 0 aliphatic carbocycles. The van der Waals surface area contributed by atoms with Crippen molar-refractivity contribution in [2.45, 2.75) is 58.6 Å². The van der Waals surface area contributed by atoms with Crippen LogP contribution in [0.3, 0.4) is 0 Å². The van der Waals surface area contributed by atoms with E-state index in [1.807, 2.05) is 37.6 Å². The minimum atomic E-state index is -0.514. The Kier molecular flexibility index (Phi) is 7.22. The number of hydrogen-bond acceptors (Lipinski definition) is 4. The highest BCUT2D eigenvalue weighted by Gasteiger charge is 2.28. The van der Waals surface area contributed by atoms with Gasteiger partial charge in [0.15, 0.2) is 0 Å². The van der Waals surface area contributed by atoms with E-state index in [1.165, 1.54) is 0 Å². The molecule has 2 heterocycles. The van der Waals surface area contributed by atoms with Gasteiger partial charge in [0, 0.05) is 43.1 Å².